The van der Waals surface area contributed by atoms with Crippen LogP contribution in [0.15, 0.2) is 28.7 Å². The average molecular weight is 433 g/mol. The summed E-state index contributed by atoms with van der Waals surface area (Å²) in [5, 5.41) is 1.99. The first-order chi connectivity index (χ1) is 11.5. The predicted octanol–water partition coefficient (Wildman–Crippen LogP) is 2.57. The summed E-state index contributed by atoms with van der Waals surface area (Å²) in [6.45, 7) is 6.86. The van der Waals surface area contributed by atoms with Crippen LogP contribution in [-0.2, 0) is 14.6 Å². The van der Waals surface area contributed by atoms with Crippen LogP contribution in [0.4, 0.5) is 4.79 Å². The summed E-state index contributed by atoms with van der Waals surface area (Å²) in [4.78, 5) is 12.3. The smallest absolute Gasteiger partial charge is 0.408 e. The van der Waals surface area contributed by atoms with Gasteiger partial charge in [-0.2, -0.15) is 0 Å². The number of nitrogens with two attached hydrogens (primary N) is 1. The number of hydrogen-bond donors (Lipinski definition) is 2. The molecule has 1 aliphatic carbocycles. The van der Waals surface area contributed by atoms with Crippen molar-refractivity contribution in [2.24, 2.45) is 5.73 Å². The van der Waals surface area contributed by atoms with E-state index < -0.39 is 38.2 Å². The number of sulfone groups is 1. The lowest BCUT2D eigenvalue weighted by Crippen LogP contribution is -2.49. The maximum absolute atomic E-state index is 12.6. The lowest BCUT2D eigenvalue weighted by atomic mass is 10.1. The highest BCUT2D eigenvalue weighted by molar-refractivity contribution is 9.10. The van der Waals surface area contributed by atoms with Crippen molar-refractivity contribution in [1.29, 1.82) is 0 Å². The van der Waals surface area contributed by atoms with Crippen molar-refractivity contribution in [3.05, 3.63) is 34.3 Å². The minimum Gasteiger partial charge on any atom is -0.444 e. The fourth-order valence-corrected chi connectivity index (χ4v) is 5.49. The molecular formula is C17H25BrN2O4S. The summed E-state index contributed by atoms with van der Waals surface area (Å²) in [6.07, 6.45) is -0.658. The molecule has 0 unspecified atom stereocenters. The third kappa shape index (κ3) is 4.17. The lowest BCUT2D eigenvalue weighted by Gasteiger charge is -2.24. The van der Waals surface area contributed by atoms with Gasteiger partial charge in [-0.3, -0.25) is 0 Å². The molecule has 0 bridgehead atoms. The fourth-order valence-electron chi connectivity index (χ4n) is 3.19. The Bertz CT molecular complexity index is 743. The molecule has 0 saturated heterocycles. The Labute approximate surface area is 157 Å². The summed E-state index contributed by atoms with van der Waals surface area (Å²) in [6, 6.07) is 7.39. The van der Waals surface area contributed by atoms with Gasteiger partial charge in [0.05, 0.1) is 10.8 Å². The Morgan fingerprint density at radius 2 is 1.88 bits per heavy atom. The van der Waals surface area contributed by atoms with Gasteiger partial charge in [-0.05, 0) is 38.5 Å². The Kier molecular flexibility index (Phi) is 5.56. The number of ether oxygens (including phenoxy) is 1. The Balaban J connectivity index is 2.38. The maximum Gasteiger partial charge on any atom is 0.408 e. The van der Waals surface area contributed by atoms with E-state index in [-0.39, 0.29) is 12.3 Å². The monoisotopic (exact) mass is 432 g/mol. The molecule has 1 fully saturated rings. The predicted molar refractivity (Wildman–Crippen MR) is 101 cm³/mol. The summed E-state index contributed by atoms with van der Waals surface area (Å²) in [5.74, 6) is -0.411. The van der Waals surface area contributed by atoms with Crippen LogP contribution in [0.5, 0.6) is 0 Å². The van der Waals surface area contributed by atoms with Crippen LogP contribution in [0.25, 0.3) is 0 Å². The van der Waals surface area contributed by atoms with Crippen LogP contribution in [-0.4, -0.2) is 43.2 Å². The van der Waals surface area contributed by atoms with Crippen LogP contribution < -0.4 is 11.1 Å². The van der Waals surface area contributed by atoms with Gasteiger partial charge in [0, 0.05) is 22.7 Å². The molecule has 25 heavy (non-hydrogen) atoms. The third-order valence-corrected chi connectivity index (χ3v) is 7.15. The first kappa shape index (κ1) is 20.2. The van der Waals surface area contributed by atoms with Crippen molar-refractivity contribution in [2.45, 2.75) is 50.0 Å². The molecule has 1 amide bonds. The lowest BCUT2D eigenvalue weighted by molar-refractivity contribution is 0.0497. The number of nitrogens with one attached hydrogen (secondary N) is 1. The summed E-state index contributed by atoms with van der Waals surface area (Å²) in [5.41, 5.74) is 5.03. The molecule has 0 aromatic heterocycles. The number of rotatable bonds is 5. The van der Waals surface area contributed by atoms with Crippen molar-refractivity contribution in [3.8, 4) is 0 Å². The minimum absolute atomic E-state index is 0.0108. The fraction of sp³-hybridized carbons (Fsp3) is 0.588. The minimum atomic E-state index is -3.40. The first-order valence-corrected chi connectivity index (χ1v) is 10.7. The standard InChI is InChI=1S/C17H25BrN2O4S/c1-5-25(22,23)14-13(11-6-8-12(18)9-7-11)17(14,10-19)20-15(21)24-16(2,3)4/h6-9,13-14H,5,10,19H2,1-4H3,(H,20,21)/t13-,14+,17+/m0/s1. The summed E-state index contributed by atoms with van der Waals surface area (Å²) >= 11 is 3.37. The molecule has 0 spiro atoms. The third-order valence-electron chi connectivity index (χ3n) is 4.35. The van der Waals surface area contributed by atoms with Gasteiger partial charge in [0.1, 0.15) is 5.60 Å². The number of carbonyl (C=O) groups excluding carboxylic acids is 1. The van der Waals surface area contributed by atoms with E-state index in [4.69, 9.17) is 10.5 Å². The molecule has 6 nitrogen and oxygen atoms in total. The zero-order valence-electron chi connectivity index (χ0n) is 14.9. The number of alkyl carbamates (subject to hydrolysis) is 1. The Morgan fingerprint density at radius 1 is 1.32 bits per heavy atom. The van der Waals surface area contributed by atoms with Crippen molar-refractivity contribution in [2.75, 3.05) is 12.3 Å². The molecule has 140 valence electrons. The van der Waals surface area contributed by atoms with Gasteiger partial charge in [-0.15, -0.1) is 0 Å². The topological polar surface area (TPSA) is 98.5 Å². The maximum atomic E-state index is 12.6. The van der Waals surface area contributed by atoms with E-state index in [1.54, 1.807) is 27.7 Å². The van der Waals surface area contributed by atoms with Crippen LogP contribution in [0.3, 0.4) is 0 Å². The molecule has 0 heterocycles. The van der Waals surface area contributed by atoms with E-state index in [9.17, 15) is 13.2 Å². The van der Waals surface area contributed by atoms with E-state index >= 15 is 0 Å². The summed E-state index contributed by atoms with van der Waals surface area (Å²) in [7, 11) is -3.40. The molecule has 3 N–H and O–H groups in total. The second-order valence-corrected chi connectivity index (χ2v) is 10.6. The normalized spacial score (nSPS) is 26.2. The SMILES string of the molecule is CCS(=O)(=O)[C@@H]1[C@H](c2ccc(Br)cc2)[C@@]1(CN)NC(=O)OC(C)(C)C. The second kappa shape index (κ2) is 6.89. The van der Waals surface area contributed by atoms with Gasteiger partial charge in [0.15, 0.2) is 9.84 Å². The molecule has 1 saturated carbocycles. The first-order valence-electron chi connectivity index (χ1n) is 8.15. The van der Waals surface area contributed by atoms with Gasteiger partial charge in [0.2, 0.25) is 0 Å². The number of halogens is 1. The van der Waals surface area contributed by atoms with Gasteiger partial charge in [0.25, 0.3) is 0 Å². The molecule has 8 heteroatoms. The second-order valence-electron chi connectivity index (χ2n) is 7.27. The number of carbonyl (C=O) groups is 1. The van der Waals surface area contributed by atoms with E-state index in [0.29, 0.717) is 0 Å². The quantitative estimate of drug-likeness (QED) is 0.744. The Hall–Kier alpha value is -1.12. The van der Waals surface area contributed by atoms with E-state index in [1.165, 1.54) is 0 Å². The molecule has 0 aliphatic heterocycles. The van der Waals surface area contributed by atoms with Gasteiger partial charge in [-0.25, -0.2) is 13.2 Å². The molecule has 0 radical (unpaired) electrons. The highest BCUT2D eigenvalue weighted by atomic mass is 79.9. The highest BCUT2D eigenvalue weighted by Crippen LogP contribution is 2.55. The Morgan fingerprint density at radius 3 is 2.32 bits per heavy atom. The van der Waals surface area contributed by atoms with E-state index in [0.717, 1.165) is 10.0 Å². The number of hydrogen-bond acceptors (Lipinski definition) is 5. The van der Waals surface area contributed by atoms with E-state index in [1.807, 2.05) is 24.3 Å². The van der Waals surface area contributed by atoms with Gasteiger partial charge >= 0.3 is 6.09 Å². The van der Waals surface area contributed by atoms with Crippen molar-refractivity contribution < 1.29 is 17.9 Å². The van der Waals surface area contributed by atoms with Gasteiger partial charge < -0.3 is 15.8 Å². The zero-order chi connectivity index (χ0) is 19.0. The van der Waals surface area contributed by atoms with Crippen molar-refractivity contribution in [3.63, 3.8) is 0 Å². The molecule has 1 aromatic rings. The van der Waals surface area contributed by atoms with Crippen molar-refractivity contribution in [1.82, 2.24) is 5.32 Å². The average Bonchev–Trinajstić information content (AvgIpc) is 3.15. The highest BCUT2D eigenvalue weighted by Gasteiger charge is 2.71. The molecule has 2 rings (SSSR count). The molecule has 1 aromatic carbocycles. The number of benzene rings is 1. The largest absolute Gasteiger partial charge is 0.444 e. The zero-order valence-corrected chi connectivity index (χ0v) is 17.3. The van der Waals surface area contributed by atoms with Crippen LogP contribution in [0.2, 0.25) is 0 Å². The van der Waals surface area contributed by atoms with Crippen molar-refractivity contribution >= 4 is 31.9 Å². The van der Waals surface area contributed by atoms with E-state index in [2.05, 4.69) is 21.2 Å². The number of amides is 1. The molecule has 3 atom stereocenters. The summed E-state index contributed by atoms with van der Waals surface area (Å²) < 4.78 is 31.4. The van der Waals surface area contributed by atoms with Crippen LogP contribution >= 0.6 is 15.9 Å². The molecule has 1 aliphatic rings. The van der Waals surface area contributed by atoms with Gasteiger partial charge in [-0.1, -0.05) is 35.0 Å². The van der Waals surface area contributed by atoms with Crippen LogP contribution in [0.1, 0.15) is 39.2 Å². The molecular weight excluding hydrogens is 408 g/mol. The van der Waals surface area contributed by atoms with Crippen LogP contribution in [0, 0.1) is 0 Å².